The van der Waals surface area contributed by atoms with E-state index in [1.54, 1.807) is 7.11 Å². The molecule has 0 spiro atoms. The van der Waals surface area contributed by atoms with Crippen LogP contribution in [0.4, 0.5) is 0 Å². The van der Waals surface area contributed by atoms with Gasteiger partial charge in [-0.25, -0.2) is 0 Å². The van der Waals surface area contributed by atoms with Gasteiger partial charge >= 0.3 is 0 Å². The molecule has 1 aromatic rings. The molecule has 0 amide bonds. The third-order valence-corrected chi connectivity index (χ3v) is 4.10. The fourth-order valence-corrected chi connectivity index (χ4v) is 2.62. The fourth-order valence-electron chi connectivity index (χ4n) is 2.36. The lowest BCUT2D eigenvalue weighted by Crippen LogP contribution is -2.39. The van der Waals surface area contributed by atoms with E-state index in [9.17, 15) is 0 Å². The van der Waals surface area contributed by atoms with Gasteiger partial charge in [-0.15, -0.1) is 0 Å². The van der Waals surface area contributed by atoms with E-state index in [-0.39, 0.29) is 5.54 Å². The van der Waals surface area contributed by atoms with Crippen LogP contribution in [0.3, 0.4) is 0 Å². The van der Waals surface area contributed by atoms with E-state index in [2.05, 4.69) is 66.3 Å². The minimum atomic E-state index is 0.185. The Morgan fingerprint density at radius 1 is 1.14 bits per heavy atom. The van der Waals surface area contributed by atoms with Crippen molar-refractivity contribution in [3.63, 3.8) is 0 Å². The molecule has 1 rings (SSSR count). The van der Waals surface area contributed by atoms with Crippen LogP contribution in [0, 0.1) is 5.92 Å². The highest BCUT2D eigenvalue weighted by Gasteiger charge is 2.14. The first-order valence-corrected chi connectivity index (χ1v) is 8.68. The van der Waals surface area contributed by atoms with Crippen LogP contribution in [-0.4, -0.2) is 25.8 Å². The van der Waals surface area contributed by atoms with Crippen LogP contribution in [0.5, 0.6) is 0 Å². The highest BCUT2D eigenvalue weighted by atomic mass is 79.9. The molecule has 120 valence electrons. The largest absolute Gasteiger partial charge is 0.385 e. The van der Waals surface area contributed by atoms with Crippen molar-refractivity contribution in [2.24, 2.45) is 5.92 Å². The molecule has 1 atom stereocenters. The van der Waals surface area contributed by atoms with E-state index >= 15 is 0 Å². The van der Waals surface area contributed by atoms with E-state index in [1.807, 2.05) is 0 Å². The number of methoxy groups -OCH3 is 1. The predicted octanol–water partition coefficient (Wildman–Crippen LogP) is 4.81. The molecule has 0 aliphatic heterocycles. The third kappa shape index (κ3) is 9.28. The molecule has 2 nitrogen and oxygen atoms in total. The molecule has 0 bridgehead atoms. The summed E-state index contributed by atoms with van der Waals surface area (Å²) in [4.78, 5) is 0. The quantitative estimate of drug-likeness (QED) is 0.641. The summed E-state index contributed by atoms with van der Waals surface area (Å²) in [5, 5.41) is 3.65. The number of nitrogens with one attached hydrogen (secondary N) is 1. The van der Waals surface area contributed by atoms with E-state index in [0.717, 1.165) is 30.5 Å². The molecule has 3 heteroatoms. The second-order valence-corrected chi connectivity index (χ2v) is 7.73. The molecule has 0 saturated heterocycles. The summed E-state index contributed by atoms with van der Waals surface area (Å²) in [7, 11) is 1.78. The topological polar surface area (TPSA) is 21.3 Å². The van der Waals surface area contributed by atoms with Crippen LogP contribution >= 0.6 is 15.9 Å². The first-order chi connectivity index (χ1) is 9.90. The first-order valence-electron chi connectivity index (χ1n) is 7.89. The van der Waals surface area contributed by atoms with Crippen molar-refractivity contribution in [2.75, 3.05) is 20.3 Å². The average molecular weight is 356 g/mol. The molecule has 0 heterocycles. The Balaban J connectivity index is 2.51. The van der Waals surface area contributed by atoms with E-state index in [4.69, 9.17) is 4.74 Å². The Kier molecular flexibility index (Phi) is 8.53. The van der Waals surface area contributed by atoms with Gasteiger partial charge in [-0.2, -0.15) is 0 Å². The molecular weight excluding hydrogens is 326 g/mol. The normalized spacial score (nSPS) is 13.4. The van der Waals surface area contributed by atoms with Crippen molar-refractivity contribution in [1.29, 1.82) is 0 Å². The Morgan fingerprint density at radius 2 is 1.81 bits per heavy atom. The summed E-state index contributed by atoms with van der Waals surface area (Å²) in [5.41, 5.74) is 1.61. The number of benzene rings is 1. The van der Waals surface area contributed by atoms with Gasteiger partial charge in [0, 0.05) is 23.7 Å². The highest BCUT2D eigenvalue weighted by Crippen LogP contribution is 2.18. The number of halogens is 1. The minimum absolute atomic E-state index is 0.185. The molecule has 0 aliphatic rings. The molecule has 1 aromatic carbocycles. The number of hydrogen-bond donors (Lipinski definition) is 1. The summed E-state index contributed by atoms with van der Waals surface area (Å²) < 4.78 is 6.30. The standard InChI is InChI=1S/C18H30BrNO/c1-18(2,3)20-14-16(7-5-6-12-21-4)13-15-8-10-17(19)11-9-15/h8-11,16,20H,5-7,12-14H2,1-4H3. The van der Waals surface area contributed by atoms with Gasteiger partial charge in [-0.05, 0) is 70.2 Å². The van der Waals surface area contributed by atoms with Crippen molar-refractivity contribution < 1.29 is 4.74 Å². The van der Waals surface area contributed by atoms with Crippen molar-refractivity contribution in [3.8, 4) is 0 Å². The average Bonchev–Trinajstić information content (AvgIpc) is 2.42. The van der Waals surface area contributed by atoms with Gasteiger partial charge in [0.25, 0.3) is 0 Å². The minimum Gasteiger partial charge on any atom is -0.385 e. The van der Waals surface area contributed by atoms with E-state index < -0.39 is 0 Å². The maximum Gasteiger partial charge on any atom is 0.0462 e. The molecule has 1 unspecified atom stereocenters. The second-order valence-electron chi connectivity index (χ2n) is 6.82. The summed E-state index contributed by atoms with van der Waals surface area (Å²) in [6, 6.07) is 8.72. The summed E-state index contributed by atoms with van der Waals surface area (Å²) >= 11 is 3.50. The first kappa shape index (κ1) is 18.7. The number of hydrogen-bond acceptors (Lipinski definition) is 2. The second kappa shape index (κ2) is 9.60. The van der Waals surface area contributed by atoms with Gasteiger partial charge in [0.15, 0.2) is 0 Å². The van der Waals surface area contributed by atoms with Crippen LogP contribution in [0.1, 0.15) is 45.6 Å². The fraction of sp³-hybridized carbons (Fsp3) is 0.667. The van der Waals surface area contributed by atoms with Gasteiger partial charge in [0.2, 0.25) is 0 Å². The number of unbranched alkanes of at least 4 members (excludes halogenated alkanes) is 1. The zero-order valence-electron chi connectivity index (χ0n) is 13.9. The van der Waals surface area contributed by atoms with Crippen LogP contribution < -0.4 is 5.32 Å². The van der Waals surface area contributed by atoms with Gasteiger partial charge in [-0.3, -0.25) is 0 Å². The molecule has 0 fully saturated rings. The Bertz CT molecular complexity index is 383. The summed E-state index contributed by atoms with van der Waals surface area (Å²) in [5.74, 6) is 0.683. The Morgan fingerprint density at radius 3 is 2.38 bits per heavy atom. The summed E-state index contributed by atoms with van der Waals surface area (Å²) in [6.45, 7) is 8.64. The highest BCUT2D eigenvalue weighted by molar-refractivity contribution is 9.10. The molecule has 0 radical (unpaired) electrons. The number of rotatable bonds is 9. The predicted molar refractivity (Wildman–Crippen MR) is 94.8 cm³/mol. The van der Waals surface area contributed by atoms with Crippen molar-refractivity contribution in [1.82, 2.24) is 5.32 Å². The molecular formula is C18H30BrNO. The maximum absolute atomic E-state index is 5.15. The summed E-state index contributed by atoms with van der Waals surface area (Å²) in [6.07, 6.45) is 4.79. The lowest BCUT2D eigenvalue weighted by Gasteiger charge is -2.25. The van der Waals surface area contributed by atoms with Crippen molar-refractivity contribution in [2.45, 2.75) is 52.0 Å². The molecule has 1 N–H and O–H groups in total. The smallest absolute Gasteiger partial charge is 0.0462 e. The maximum atomic E-state index is 5.15. The van der Waals surface area contributed by atoms with Gasteiger partial charge in [-0.1, -0.05) is 34.5 Å². The van der Waals surface area contributed by atoms with Crippen LogP contribution in [0.15, 0.2) is 28.7 Å². The van der Waals surface area contributed by atoms with Crippen molar-refractivity contribution >= 4 is 15.9 Å². The Labute approximate surface area is 138 Å². The van der Waals surface area contributed by atoms with Crippen LogP contribution in [0.2, 0.25) is 0 Å². The van der Waals surface area contributed by atoms with Gasteiger partial charge in [0.1, 0.15) is 0 Å². The zero-order valence-corrected chi connectivity index (χ0v) is 15.5. The lowest BCUT2D eigenvalue weighted by molar-refractivity contribution is 0.189. The SMILES string of the molecule is COCCCCC(CNC(C)(C)C)Cc1ccc(Br)cc1. The molecule has 21 heavy (non-hydrogen) atoms. The third-order valence-electron chi connectivity index (χ3n) is 3.57. The van der Waals surface area contributed by atoms with E-state index in [0.29, 0.717) is 5.92 Å². The van der Waals surface area contributed by atoms with Gasteiger partial charge < -0.3 is 10.1 Å². The van der Waals surface area contributed by atoms with Gasteiger partial charge in [0.05, 0.1) is 0 Å². The Hall–Kier alpha value is -0.380. The van der Waals surface area contributed by atoms with Crippen molar-refractivity contribution in [3.05, 3.63) is 34.3 Å². The molecule has 0 saturated carbocycles. The zero-order chi connectivity index (χ0) is 15.7. The van der Waals surface area contributed by atoms with Crippen LogP contribution in [-0.2, 0) is 11.2 Å². The number of ether oxygens (including phenoxy) is 1. The van der Waals surface area contributed by atoms with E-state index in [1.165, 1.54) is 18.4 Å². The van der Waals surface area contributed by atoms with Crippen LogP contribution in [0.25, 0.3) is 0 Å². The lowest BCUT2D eigenvalue weighted by atomic mass is 9.93. The molecule has 0 aromatic heterocycles. The molecule has 0 aliphatic carbocycles. The monoisotopic (exact) mass is 355 g/mol.